The van der Waals surface area contributed by atoms with E-state index in [4.69, 9.17) is 9.72 Å². The summed E-state index contributed by atoms with van der Waals surface area (Å²) in [6.07, 6.45) is 6.33. The molecule has 0 aliphatic carbocycles. The van der Waals surface area contributed by atoms with Crippen LogP contribution >= 0.6 is 0 Å². The topological polar surface area (TPSA) is 78.9 Å². The number of ether oxygens (including phenoxy) is 1. The molecule has 4 heterocycles. The number of likely N-dealkylation sites (tertiary alicyclic amines) is 2. The fourth-order valence-corrected chi connectivity index (χ4v) is 4.95. The Bertz CT molecular complexity index is 804. The van der Waals surface area contributed by atoms with Crippen LogP contribution in [0.25, 0.3) is 0 Å². The van der Waals surface area contributed by atoms with E-state index >= 15 is 0 Å². The molecule has 2 fully saturated rings. The third-order valence-electron chi connectivity index (χ3n) is 6.66. The van der Waals surface area contributed by atoms with Crippen molar-refractivity contribution in [2.24, 2.45) is 5.92 Å². The lowest BCUT2D eigenvalue weighted by Crippen LogP contribution is -2.52. The number of anilines is 1. The summed E-state index contributed by atoms with van der Waals surface area (Å²) in [4.78, 5) is 40.3. The predicted molar refractivity (Wildman–Crippen MR) is 113 cm³/mol. The monoisotopic (exact) mass is 415 g/mol. The van der Waals surface area contributed by atoms with Gasteiger partial charge in [-0.1, -0.05) is 6.92 Å². The number of rotatable bonds is 4. The lowest BCUT2D eigenvalue weighted by atomic mass is 9.82. The maximum atomic E-state index is 13.2. The second-order valence-corrected chi connectivity index (χ2v) is 8.93. The summed E-state index contributed by atoms with van der Waals surface area (Å²) in [5, 5.41) is 0. The van der Waals surface area contributed by atoms with Gasteiger partial charge in [0.15, 0.2) is 0 Å². The first-order chi connectivity index (χ1) is 14.4. The first-order valence-corrected chi connectivity index (χ1v) is 11.2. The molecule has 8 heteroatoms. The van der Waals surface area contributed by atoms with Crippen LogP contribution in [0, 0.1) is 5.92 Å². The van der Waals surface area contributed by atoms with Crippen molar-refractivity contribution >= 4 is 17.8 Å². The number of fused-ring (bicyclic) bond motifs is 2. The van der Waals surface area contributed by atoms with Gasteiger partial charge in [-0.3, -0.25) is 9.59 Å². The Labute approximate surface area is 178 Å². The van der Waals surface area contributed by atoms with Crippen molar-refractivity contribution in [1.29, 1.82) is 0 Å². The molecule has 0 saturated carbocycles. The minimum absolute atomic E-state index is 0.0782. The average Bonchev–Trinajstić information content (AvgIpc) is 2.75. The van der Waals surface area contributed by atoms with Crippen molar-refractivity contribution in [2.75, 3.05) is 51.8 Å². The molecule has 1 aromatic heterocycles. The number of hydrogen-bond donors (Lipinski definition) is 0. The Kier molecular flexibility index (Phi) is 5.95. The van der Waals surface area contributed by atoms with E-state index in [0.717, 1.165) is 43.5 Å². The minimum atomic E-state index is -0.422. The maximum Gasteiger partial charge on any atom is 0.227 e. The van der Waals surface area contributed by atoms with Gasteiger partial charge in [0.1, 0.15) is 5.60 Å². The van der Waals surface area contributed by atoms with Crippen molar-refractivity contribution in [3.63, 3.8) is 0 Å². The highest BCUT2D eigenvalue weighted by Gasteiger charge is 2.44. The summed E-state index contributed by atoms with van der Waals surface area (Å²) in [6, 6.07) is 0. The lowest BCUT2D eigenvalue weighted by Gasteiger charge is -2.45. The highest BCUT2D eigenvalue weighted by Crippen LogP contribution is 2.41. The Morgan fingerprint density at radius 2 is 2.07 bits per heavy atom. The molecule has 8 nitrogen and oxygen atoms in total. The molecule has 30 heavy (non-hydrogen) atoms. The van der Waals surface area contributed by atoms with E-state index in [1.165, 1.54) is 0 Å². The average molecular weight is 416 g/mol. The Morgan fingerprint density at radius 1 is 1.30 bits per heavy atom. The fraction of sp³-hybridized carbons (Fsp3) is 0.727. The number of carbonyl (C=O) groups is 2. The second kappa shape index (κ2) is 8.49. The van der Waals surface area contributed by atoms with E-state index in [2.05, 4.69) is 11.9 Å². The van der Waals surface area contributed by atoms with Crippen molar-refractivity contribution in [1.82, 2.24) is 19.8 Å². The zero-order valence-electron chi connectivity index (χ0n) is 18.4. The quantitative estimate of drug-likeness (QED) is 0.743. The van der Waals surface area contributed by atoms with Crippen molar-refractivity contribution in [3.8, 4) is 0 Å². The molecule has 3 aliphatic rings. The molecule has 0 radical (unpaired) electrons. The molecule has 1 atom stereocenters. The smallest absolute Gasteiger partial charge is 0.227 e. The molecule has 0 aromatic carbocycles. The summed E-state index contributed by atoms with van der Waals surface area (Å²) in [5.41, 5.74) is 1.74. The normalized spacial score (nSPS) is 23.4. The van der Waals surface area contributed by atoms with Crippen molar-refractivity contribution < 1.29 is 14.3 Å². The van der Waals surface area contributed by atoms with E-state index in [-0.39, 0.29) is 17.7 Å². The molecule has 2 amide bonds. The second-order valence-electron chi connectivity index (χ2n) is 8.93. The standard InChI is InChI=1S/C22H33N5O3/c1-4-10-27-15-17(5-6-18(27)28)20(29)26-11-8-22(9-12-26)19-16(7-13-30-22)14-23-21(24-19)25(2)3/h14,17H,4-13,15H2,1-3H3. The first kappa shape index (κ1) is 21.0. The van der Waals surface area contributed by atoms with E-state index in [1.54, 1.807) is 0 Å². The van der Waals surface area contributed by atoms with Gasteiger partial charge in [-0.05, 0) is 37.7 Å². The molecule has 1 unspecified atom stereocenters. The highest BCUT2D eigenvalue weighted by atomic mass is 16.5. The third kappa shape index (κ3) is 3.89. The summed E-state index contributed by atoms with van der Waals surface area (Å²) in [7, 11) is 3.88. The van der Waals surface area contributed by atoms with Crippen LogP contribution in [0.2, 0.25) is 0 Å². The van der Waals surface area contributed by atoms with Gasteiger partial charge in [-0.2, -0.15) is 0 Å². The summed E-state index contributed by atoms with van der Waals surface area (Å²) in [5.74, 6) is 0.985. The van der Waals surface area contributed by atoms with Crippen LogP contribution in [0.1, 0.15) is 50.3 Å². The van der Waals surface area contributed by atoms with Gasteiger partial charge in [-0.15, -0.1) is 0 Å². The largest absolute Gasteiger partial charge is 0.368 e. The maximum absolute atomic E-state index is 13.2. The van der Waals surface area contributed by atoms with Gasteiger partial charge in [0.2, 0.25) is 17.8 Å². The van der Waals surface area contributed by atoms with Crippen molar-refractivity contribution in [3.05, 3.63) is 17.5 Å². The van der Waals surface area contributed by atoms with Crippen LogP contribution in [0.3, 0.4) is 0 Å². The minimum Gasteiger partial charge on any atom is -0.368 e. The lowest BCUT2D eigenvalue weighted by molar-refractivity contribution is -0.149. The number of piperidine rings is 2. The molecular weight excluding hydrogens is 382 g/mol. The van der Waals surface area contributed by atoms with Gasteiger partial charge in [0.05, 0.1) is 18.2 Å². The number of nitrogens with zero attached hydrogens (tertiary/aromatic N) is 5. The fourth-order valence-electron chi connectivity index (χ4n) is 4.95. The molecule has 2 saturated heterocycles. The first-order valence-electron chi connectivity index (χ1n) is 11.2. The zero-order chi connectivity index (χ0) is 21.3. The Hall–Kier alpha value is -2.22. The molecule has 1 spiro atoms. The predicted octanol–water partition coefficient (Wildman–Crippen LogP) is 1.58. The van der Waals surface area contributed by atoms with Crippen molar-refractivity contribution in [2.45, 2.75) is 51.0 Å². The number of aromatic nitrogens is 2. The molecule has 0 bridgehead atoms. The number of hydrogen-bond acceptors (Lipinski definition) is 6. The van der Waals surface area contributed by atoms with Crippen LogP contribution in [-0.2, 0) is 26.3 Å². The number of carbonyl (C=O) groups excluding carboxylic acids is 2. The van der Waals surface area contributed by atoms with E-state index in [9.17, 15) is 9.59 Å². The van der Waals surface area contributed by atoms with Gasteiger partial charge in [-0.25, -0.2) is 9.97 Å². The van der Waals surface area contributed by atoms with Gasteiger partial charge in [0, 0.05) is 52.9 Å². The Morgan fingerprint density at radius 3 is 2.77 bits per heavy atom. The molecule has 4 rings (SSSR count). The summed E-state index contributed by atoms with van der Waals surface area (Å²) >= 11 is 0. The molecular formula is C22H33N5O3. The molecule has 1 aromatic rings. The van der Waals surface area contributed by atoms with E-state index in [1.807, 2.05) is 35.0 Å². The van der Waals surface area contributed by atoms with Gasteiger partial charge >= 0.3 is 0 Å². The highest BCUT2D eigenvalue weighted by molar-refractivity contribution is 5.84. The molecule has 164 valence electrons. The van der Waals surface area contributed by atoms with Crippen LogP contribution in [0.15, 0.2) is 6.20 Å². The van der Waals surface area contributed by atoms with Crippen LogP contribution in [-0.4, -0.2) is 78.5 Å². The summed E-state index contributed by atoms with van der Waals surface area (Å²) in [6.45, 7) is 5.37. The third-order valence-corrected chi connectivity index (χ3v) is 6.66. The van der Waals surface area contributed by atoms with Gasteiger partial charge < -0.3 is 19.4 Å². The molecule has 3 aliphatic heterocycles. The van der Waals surface area contributed by atoms with E-state index in [0.29, 0.717) is 45.0 Å². The molecule has 0 N–H and O–H groups in total. The zero-order valence-corrected chi connectivity index (χ0v) is 18.4. The van der Waals surface area contributed by atoms with Gasteiger partial charge in [0.25, 0.3) is 0 Å². The number of amides is 2. The Balaban J connectivity index is 1.45. The van der Waals surface area contributed by atoms with Crippen LogP contribution < -0.4 is 4.90 Å². The van der Waals surface area contributed by atoms with Crippen LogP contribution in [0.5, 0.6) is 0 Å². The summed E-state index contributed by atoms with van der Waals surface area (Å²) < 4.78 is 6.30. The van der Waals surface area contributed by atoms with E-state index < -0.39 is 5.60 Å². The van der Waals surface area contributed by atoms with Crippen LogP contribution in [0.4, 0.5) is 5.95 Å². The SMILES string of the molecule is CCCN1CC(C(=O)N2CCC3(CC2)OCCc2cnc(N(C)C)nc23)CCC1=O.